The molecule has 0 atom stereocenters. The van der Waals surface area contributed by atoms with E-state index in [1.807, 2.05) is 48.5 Å². The smallest absolute Gasteiger partial charge is 0.229 e. The number of hydrogen-bond donors (Lipinski definition) is 2. The highest BCUT2D eigenvalue weighted by atomic mass is 16.5. The molecule has 2 N–H and O–H groups in total. The van der Waals surface area contributed by atoms with E-state index < -0.39 is 0 Å². The number of pyridine rings is 2. The second-order valence-electron chi connectivity index (χ2n) is 7.97. The average molecular weight is 458 g/mol. The van der Waals surface area contributed by atoms with E-state index in [9.17, 15) is 0 Å². The first-order valence-corrected chi connectivity index (χ1v) is 11.4. The SMILES string of the molecule is c1ccc2ncc(Nc3ccnc(Nc4ccc(OCCCN5CCOCC5)nc4)n3)cc2c1. The number of fused-ring (bicyclic) bond motifs is 1. The summed E-state index contributed by atoms with van der Waals surface area (Å²) < 4.78 is 11.1. The third-order valence-corrected chi connectivity index (χ3v) is 5.48. The molecule has 0 unspecified atom stereocenters. The van der Waals surface area contributed by atoms with Crippen molar-refractivity contribution in [2.75, 3.05) is 50.1 Å². The van der Waals surface area contributed by atoms with E-state index in [2.05, 4.69) is 35.5 Å². The summed E-state index contributed by atoms with van der Waals surface area (Å²) in [4.78, 5) is 20.1. The van der Waals surface area contributed by atoms with Gasteiger partial charge in [-0.25, -0.2) is 9.97 Å². The Bertz CT molecular complexity index is 1210. The molecule has 1 aliphatic heterocycles. The Morgan fingerprint density at radius 2 is 1.79 bits per heavy atom. The molecule has 9 nitrogen and oxygen atoms in total. The van der Waals surface area contributed by atoms with Gasteiger partial charge in [0.25, 0.3) is 0 Å². The van der Waals surface area contributed by atoms with Crippen molar-refractivity contribution in [3.8, 4) is 5.88 Å². The molecule has 3 aromatic heterocycles. The Morgan fingerprint density at radius 3 is 2.68 bits per heavy atom. The Morgan fingerprint density at radius 1 is 0.912 bits per heavy atom. The first-order chi connectivity index (χ1) is 16.8. The van der Waals surface area contributed by atoms with Crippen LogP contribution >= 0.6 is 0 Å². The molecule has 1 fully saturated rings. The predicted molar refractivity (Wildman–Crippen MR) is 132 cm³/mol. The summed E-state index contributed by atoms with van der Waals surface area (Å²) in [5.74, 6) is 1.75. The second-order valence-corrected chi connectivity index (χ2v) is 7.97. The topological polar surface area (TPSA) is 97.3 Å². The van der Waals surface area contributed by atoms with Crippen molar-refractivity contribution >= 4 is 34.0 Å². The van der Waals surface area contributed by atoms with Crippen molar-refractivity contribution in [1.29, 1.82) is 0 Å². The molecular weight excluding hydrogens is 430 g/mol. The lowest BCUT2D eigenvalue weighted by Gasteiger charge is -2.26. The maximum atomic E-state index is 5.77. The average Bonchev–Trinajstić information content (AvgIpc) is 2.88. The highest BCUT2D eigenvalue weighted by Gasteiger charge is 2.09. The fraction of sp³-hybridized carbons (Fsp3) is 0.280. The van der Waals surface area contributed by atoms with E-state index in [1.165, 1.54) is 0 Å². The Labute approximate surface area is 198 Å². The summed E-state index contributed by atoms with van der Waals surface area (Å²) in [6, 6.07) is 15.6. The lowest BCUT2D eigenvalue weighted by Crippen LogP contribution is -2.37. The van der Waals surface area contributed by atoms with Crippen LogP contribution in [0.1, 0.15) is 6.42 Å². The molecule has 0 saturated carbocycles. The summed E-state index contributed by atoms with van der Waals surface area (Å²) in [6.45, 7) is 5.28. The first kappa shape index (κ1) is 22.0. The highest BCUT2D eigenvalue weighted by Crippen LogP contribution is 2.21. The Balaban J connectivity index is 1.13. The van der Waals surface area contributed by atoms with Gasteiger partial charge in [0.1, 0.15) is 5.82 Å². The van der Waals surface area contributed by atoms with Crippen molar-refractivity contribution in [3.63, 3.8) is 0 Å². The summed E-state index contributed by atoms with van der Waals surface area (Å²) in [5.41, 5.74) is 2.60. The van der Waals surface area contributed by atoms with Crippen molar-refractivity contribution in [3.05, 3.63) is 67.1 Å². The number of morpholine rings is 1. The number of ether oxygens (including phenoxy) is 2. The summed E-state index contributed by atoms with van der Waals surface area (Å²) in [7, 11) is 0. The van der Waals surface area contributed by atoms with Gasteiger partial charge in [-0.2, -0.15) is 4.98 Å². The fourth-order valence-corrected chi connectivity index (χ4v) is 3.73. The van der Waals surface area contributed by atoms with Crippen LogP contribution in [0, 0.1) is 0 Å². The molecule has 4 heterocycles. The van der Waals surface area contributed by atoms with Crippen LogP contribution in [0.25, 0.3) is 10.9 Å². The molecule has 0 aliphatic carbocycles. The standard InChI is InChI=1S/C25H27N7O2/c1-2-5-22-19(4-1)16-21(18-27-22)29-23-8-9-26-25(31-23)30-20-6-7-24(28-17-20)34-13-3-10-32-11-14-33-15-12-32/h1-2,4-9,16-18H,3,10-15H2,(H2,26,29,30,31). The molecule has 4 aromatic rings. The Kier molecular flexibility index (Phi) is 7.03. The van der Waals surface area contributed by atoms with Crippen LogP contribution in [-0.2, 0) is 4.74 Å². The van der Waals surface area contributed by atoms with Gasteiger partial charge in [0, 0.05) is 37.3 Å². The van der Waals surface area contributed by atoms with Gasteiger partial charge in [0.15, 0.2) is 0 Å². The van der Waals surface area contributed by atoms with Crippen molar-refractivity contribution in [2.24, 2.45) is 0 Å². The van der Waals surface area contributed by atoms with E-state index in [1.54, 1.807) is 18.6 Å². The third-order valence-electron chi connectivity index (χ3n) is 5.48. The highest BCUT2D eigenvalue weighted by molar-refractivity contribution is 5.82. The van der Waals surface area contributed by atoms with Crippen LogP contribution in [-0.4, -0.2) is 64.3 Å². The van der Waals surface area contributed by atoms with E-state index in [4.69, 9.17) is 9.47 Å². The van der Waals surface area contributed by atoms with Crippen molar-refractivity contribution < 1.29 is 9.47 Å². The van der Waals surface area contributed by atoms with Gasteiger partial charge >= 0.3 is 0 Å². The summed E-state index contributed by atoms with van der Waals surface area (Å²) in [5, 5.41) is 7.53. The van der Waals surface area contributed by atoms with Crippen LogP contribution in [0.15, 0.2) is 67.1 Å². The zero-order valence-corrected chi connectivity index (χ0v) is 18.9. The molecule has 0 spiro atoms. The summed E-state index contributed by atoms with van der Waals surface area (Å²) in [6.07, 6.45) is 6.17. The molecular formula is C25H27N7O2. The second kappa shape index (κ2) is 10.9. The van der Waals surface area contributed by atoms with Gasteiger partial charge in [-0.3, -0.25) is 9.88 Å². The molecule has 1 aromatic carbocycles. The molecule has 0 radical (unpaired) electrons. The molecule has 9 heteroatoms. The predicted octanol–water partition coefficient (Wildman–Crippen LogP) is 4.01. The normalized spacial score (nSPS) is 14.1. The number of nitrogens with one attached hydrogen (secondary N) is 2. The molecule has 0 bridgehead atoms. The number of anilines is 4. The van der Waals surface area contributed by atoms with E-state index in [0.717, 1.165) is 61.5 Å². The van der Waals surface area contributed by atoms with Crippen LogP contribution in [0.4, 0.5) is 23.1 Å². The molecule has 1 aliphatic rings. The van der Waals surface area contributed by atoms with Gasteiger partial charge in [0.05, 0.1) is 49.1 Å². The van der Waals surface area contributed by atoms with Crippen LogP contribution in [0.2, 0.25) is 0 Å². The minimum Gasteiger partial charge on any atom is -0.478 e. The van der Waals surface area contributed by atoms with Crippen molar-refractivity contribution in [1.82, 2.24) is 24.8 Å². The van der Waals surface area contributed by atoms with Gasteiger partial charge in [-0.15, -0.1) is 0 Å². The molecule has 174 valence electrons. The van der Waals surface area contributed by atoms with Gasteiger partial charge < -0.3 is 20.1 Å². The summed E-state index contributed by atoms with van der Waals surface area (Å²) >= 11 is 0. The zero-order chi connectivity index (χ0) is 23.0. The van der Waals surface area contributed by atoms with Gasteiger partial charge in [-0.05, 0) is 30.7 Å². The maximum absolute atomic E-state index is 5.77. The minimum atomic E-state index is 0.472. The number of benzene rings is 1. The number of nitrogens with zero attached hydrogens (tertiary/aromatic N) is 5. The fourth-order valence-electron chi connectivity index (χ4n) is 3.73. The number of rotatable bonds is 9. The van der Waals surface area contributed by atoms with Gasteiger partial charge in [0.2, 0.25) is 11.8 Å². The monoisotopic (exact) mass is 457 g/mol. The maximum Gasteiger partial charge on any atom is 0.229 e. The van der Waals surface area contributed by atoms with E-state index in [-0.39, 0.29) is 0 Å². The molecule has 34 heavy (non-hydrogen) atoms. The van der Waals surface area contributed by atoms with Gasteiger partial charge in [-0.1, -0.05) is 18.2 Å². The lowest BCUT2D eigenvalue weighted by molar-refractivity contribution is 0.0357. The third kappa shape index (κ3) is 5.94. The molecule has 0 amide bonds. The molecule has 5 rings (SSSR count). The quantitative estimate of drug-likeness (QED) is 0.361. The zero-order valence-electron chi connectivity index (χ0n) is 18.9. The van der Waals surface area contributed by atoms with Crippen molar-refractivity contribution in [2.45, 2.75) is 6.42 Å². The van der Waals surface area contributed by atoms with Crippen LogP contribution in [0.3, 0.4) is 0 Å². The minimum absolute atomic E-state index is 0.472. The van der Waals surface area contributed by atoms with E-state index >= 15 is 0 Å². The van der Waals surface area contributed by atoms with Crippen LogP contribution < -0.4 is 15.4 Å². The molecule has 1 saturated heterocycles. The van der Waals surface area contributed by atoms with E-state index in [0.29, 0.717) is 24.3 Å². The number of aromatic nitrogens is 4. The Hall–Kier alpha value is -3.82. The number of para-hydroxylation sites is 1. The largest absolute Gasteiger partial charge is 0.478 e. The first-order valence-electron chi connectivity index (χ1n) is 11.4. The van der Waals surface area contributed by atoms with Crippen LogP contribution in [0.5, 0.6) is 5.88 Å². The lowest BCUT2D eigenvalue weighted by atomic mass is 10.2. The number of hydrogen-bond acceptors (Lipinski definition) is 9.